The second-order valence-electron chi connectivity index (χ2n) is 2.43. The molecule has 0 atom stereocenters. The molecule has 2 rings (SSSR count). The molecule has 5 heteroatoms. The SMILES string of the molecule is O=C(O)C1=C2N=CC=CN2NC1. The van der Waals surface area contributed by atoms with Gasteiger partial charge in [-0.2, -0.15) is 0 Å². The summed E-state index contributed by atoms with van der Waals surface area (Å²) in [7, 11) is 0. The smallest absolute Gasteiger partial charge is 0.336 e. The van der Waals surface area contributed by atoms with E-state index in [1.165, 1.54) is 0 Å². The number of carboxylic acids is 1. The average molecular weight is 165 g/mol. The van der Waals surface area contributed by atoms with Crippen LogP contribution in [0.5, 0.6) is 0 Å². The van der Waals surface area contributed by atoms with Crippen LogP contribution >= 0.6 is 0 Å². The number of carboxylic acid groups (broad SMARTS) is 1. The summed E-state index contributed by atoms with van der Waals surface area (Å²) in [6, 6.07) is 0. The number of carbonyl (C=O) groups is 1. The number of aliphatic imine (C=N–C) groups is 1. The lowest BCUT2D eigenvalue weighted by Crippen LogP contribution is -2.27. The highest BCUT2D eigenvalue weighted by Gasteiger charge is 2.25. The minimum atomic E-state index is -0.924. The number of nitrogens with zero attached hydrogens (tertiary/aromatic N) is 2. The molecular formula is C7H7N3O2. The third-order valence-electron chi connectivity index (χ3n) is 1.70. The third kappa shape index (κ3) is 0.911. The van der Waals surface area contributed by atoms with Crippen molar-refractivity contribution in [3.05, 3.63) is 23.7 Å². The molecule has 0 aromatic rings. The van der Waals surface area contributed by atoms with Gasteiger partial charge in [-0.25, -0.2) is 15.2 Å². The summed E-state index contributed by atoms with van der Waals surface area (Å²) in [6.07, 6.45) is 5.04. The summed E-state index contributed by atoms with van der Waals surface area (Å²) < 4.78 is 0. The van der Waals surface area contributed by atoms with E-state index in [-0.39, 0.29) is 0 Å². The fraction of sp³-hybridized carbons (Fsp3) is 0.143. The standard InChI is InChI=1S/C7H7N3O2/c11-7(12)5-4-9-10-3-1-2-8-6(5)10/h1-3,9H,4H2,(H,11,12). The Morgan fingerprint density at radius 2 is 2.58 bits per heavy atom. The molecule has 5 nitrogen and oxygen atoms in total. The van der Waals surface area contributed by atoms with Crippen molar-refractivity contribution in [1.29, 1.82) is 0 Å². The van der Waals surface area contributed by atoms with E-state index in [0.717, 1.165) is 0 Å². The Morgan fingerprint density at radius 1 is 1.75 bits per heavy atom. The molecule has 2 aliphatic heterocycles. The van der Waals surface area contributed by atoms with E-state index in [4.69, 9.17) is 5.11 Å². The summed E-state index contributed by atoms with van der Waals surface area (Å²) in [4.78, 5) is 14.6. The van der Waals surface area contributed by atoms with Gasteiger partial charge in [0.15, 0.2) is 5.82 Å². The Labute approximate surface area is 68.7 Å². The third-order valence-corrected chi connectivity index (χ3v) is 1.70. The van der Waals surface area contributed by atoms with E-state index in [2.05, 4.69) is 10.4 Å². The molecule has 2 heterocycles. The van der Waals surface area contributed by atoms with Crippen molar-refractivity contribution in [2.45, 2.75) is 0 Å². The van der Waals surface area contributed by atoms with Crippen LogP contribution in [0.25, 0.3) is 0 Å². The normalized spacial score (nSPS) is 20.2. The molecule has 0 aromatic carbocycles. The Bertz CT molecular complexity index is 317. The zero-order valence-corrected chi connectivity index (χ0v) is 6.19. The molecular weight excluding hydrogens is 158 g/mol. The van der Waals surface area contributed by atoms with E-state index >= 15 is 0 Å². The Hall–Kier alpha value is -1.62. The summed E-state index contributed by atoms with van der Waals surface area (Å²) in [5, 5.41) is 10.3. The number of nitrogens with one attached hydrogen (secondary N) is 1. The summed E-state index contributed by atoms with van der Waals surface area (Å²) >= 11 is 0. The quantitative estimate of drug-likeness (QED) is 0.560. The molecule has 2 aliphatic rings. The van der Waals surface area contributed by atoms with Gasteiger partial charge in [0.05, 0.1) is 12.1 Å². The first-order chi connectivity index (χ1) is 5.79. The first kappa shape index (κ1) is 7.05. The van der Waals surface area contributed by atoms with E-state index in [1.807, 2.05) is 0 Å². The fourth-order valence-electron chi connectivity index (χ4n) is 1.14. The molecule has 62 valence electrons. The molecule has 0 fully saturated rings. The van der Waals surface area contributed by atoms with Crippen molar-refractivity contribution < 1.29 is 9.90 Å². The first-order valence-corrected chi connectivity index (χ1v) is 3.49. The number of hydrazine groups is 1. The van der Waals surface area contributed by atoms with E-state index in [9.17, 15) is 4.79 Å². The molecule has 2 N–H and O–H groups in total. The van der Waals surface area contributed by atoms with Gasteiger partial charge in [0.25, 0.3) is 0 Å². The van der Waals surface area contributed by atoms with Crippen LogP contribution < -0.4 is 5.43 Å². The van der Waals surface area contributed by atoms with Crippen LogP contribution in [0, 0.1) is 0 Å². The number of hydrogen-bond acceptors (Lipinski definition) is 4. The van der Waals surface area contributed by atoms with Crippen molar-refractivity contribution in [1.82, 2.24) is 10.4 Å². The van der Waals surface area contributed by atoms with Crippen LogP contribution in [0.4, 0.5) is 0 Å². The van der Waals surface area contributed by atoms with Gasteiger partial charge in [0.1, 0.15) is 0 Å². The van der Waals surface area contributed by atoms with E-state index in [1.54, 1.807) is 23.5 Å². The predicted octanol–water partition coefficient (Wildman–Crippen LogP) is -0.299. The summed E-state index contributed by atoms with van der Waals surface area (Å²) in [6.45, 7) is 0.326. The lowest BCUT2D eigenvalue weighted by molar-refractivity contribution is -0.132. The minimum absolute atomic E-state index is 0.301. The number of hydrogen-bond donors (Lipinski definition) is 2. The van der Waals surface area contributed by atoms with Crippen LogP contribution in [-0.4, -0.2) is 28.8 Å². The van der Waals surface area contributed by atoms with E-state index < -0.39 is 5.97 Å². The van der Waals surface area contributed by atoms with Crippen molar-refractivity contribution in [2.75, 3.05) is 6.54 Å². The van der Waals surface area contributed by atoms with Crippen molar-refractivity contribution in [2.24, 2.45) is 4.99 Å². The van der Waals surface area contributed by atoms with Gasteiger partial charge < -0.3 is 5.11 Å². The Balaban J connectivity index is 2.40. The van der Waals surface area contributed by atoms with Crippen LogP contribution in [0.1, 0.15) is 0 Å². The number of aliphatic carboxylic acids is 1. The maximum atomic E-state index is 10.6. The Kier molecular flexibility index (Phi) is 1.44. The molecule has 0 spiro atoms. The second-order valence-corrected chi connectivity index (χ2v) is 2.43. The Morgan fingerprint density at radius 3 is 3.33 bits per heavy atom. The lowest BCUT2D eigenvalue weighted by atomic mass is 10.3. The summed E-state index contributed by atoms with van der Waals surface area (Å²) in [5.74, 6) is -0.447. The highest BCUT2D eigenvalue weighted by Crippen LogP contribution is 2.18. The monoisotopic (exact) mass is 165 g/mol. The van der Waals surface area contributed by atoms with Gasteiger partial charge in [-0.3, -0.25) is 5.01 Å². The van der Waals surface area contributed by atoms with Crippen molar-refractivity contribution in [3.63, 3.8) is 0 Å². The number of allylic oxidation sites excluding steroid dienone is 1. The van der Waals surface area contributed by atoms with Gasteiger partial charge in [0, 0.05) is 12.4 Å². The second kappa shape index (κ2) is 2.46. The van der Waals surface area contributed by atoms with Gasteiger partial charge in [-0.15, -0.1) is 0 Å². The fourth-order valence-corrected chi connectivity index (χ4v) is 1.14. The minimum Gasteiger partial charge on any atom is -0.478 e. The topological polar surface area (TPSA) is 64.9 Å². The maximum Gasteiger partial charge on any atom is 0.336 e. The van der Waals surface area contributed by atoms with Gasteiger partial charge >= 0.3 is 5.97 Å². The highest BCUT2D eigenvalue weighted by atomic mass is 16.4. The molecule has 0 bridgehead atoms. The van der Waals surface area contributed by atoms with E-state index in [0.29, 0.717) is 17.9 Å². The van der Waals surface area contributed by atoms with Gasteiger partial charge in [0.2, 0.25) is 0 Å². The molecule has 0 amide bonds. The molecule has 0 radical (unpaired) electrons. The summed E-state index contributed by atoms with van der Waals surface area (Å²) in [5.41, 5.74) is 3.17. The lowest BCUT2D eigenvalue weighted by Gasteiger charge is -2.15. The predicted molar refractivity (Wildman–Crippen MR) is 42.1 cm³/mol. The zero-order valence-electron chi connectivity index (χ0n) is 6.19. The van der Waals surface area contributed by atoms with Crippen LogP contribution in [0.3, 0.4) is 0 Å². The average Bonchev–Trinajstić information content (AvgIpc) is 2.47. The molecule has 0 saturated heterocycles. The number of rotatable bonds is 1. The maximum absolute atomic E-state index is 10.6. The number of fused-ring (bicyclic) bond motifs is 1. The molecule has 12 heavy (non-hydrogen) atoms. The molecule has 0 saturated carbocycles. The van der Waals surface area contributed by atoms with Crippen LogP contribution in [-0.2, 0) is 4.79 Å². The highest BCUT2D eigenvalue weighted by molar-refractivity contribution is 5.89. The van der Waals surface area contributed by atoms with Crippen molar-refractivity contribution in [3.8, 4) is 0 Å². The first-order valence-electron chi connectivity index (χ1n) is 3.49. The van der Waals surface area contributed by atoms with Crippen LogP contribution in [0.15, 0.2) is 28.7 Å². The zero-order chi connectivity index (χ0) is 8.55. The van der Waals surface area contributed by atoms with Crippen molar-refractivity contribution >= 4 is 12.2 Å². The van der Waals surface area contributed by atoms with Gasteiger partial charge in [-0.05, 0) is 6.08 Å². The van der Waals surface area contributed by atoms with Gasteiger partial charge in [-0.1, -0.05) is 0 Å². The molecule has 0 aromatic heterocycles. The largest absolute Gasteiger partial charge is 0.478 e. The molecule has 0 unspecified atom stereocenters. The molecule has 0 aliphatic carbocycles. The van der Waals surface area contributed by atoms with Crippen LogP contribution in [0.2, 0.25) is 0 Å².